The number of hydrogen-bond donors (Lipinski definition) is 2. The van der Waals surface area contributed by atoms with Gasteiger partial charge in [0.1, 0.15) is 11.8 Å². The Kier molecular flexibility index (Phi) is 6.10. The van der Waals surface area contributed by atoms with Crippen molar-refractivity contribution >= 4 is 51.2 Å². The maximum atomic E-state index is 12.7. The SMILES string of the molecule is C=CCN1C(=O)C(CC(=O)NCC(=O)O)SC1=Nc1cccc2ccccc12. The third-order valence-electron chi connectivity index (χ3n) is 4.12. The number of aliphatic carboxylic acids is 1. The fraction of sp³-hybridized carbons (Fsp3) is 0.200. The summed E-state index contributed by atoms with van der Waals surface area (Å²) in [4.78, 5) is 41.4. The van der Waals surface area contributed by atoms with Crippen LogP contribution in [0, 0.1) is 0 Å². The Bertz CT molecular complexity index is 968. The summed E-state index contributed by atoms with van der Waals surface area (Å²) in [5.41, 5.74) is 0.735. The first-order chi connectivity index (χ1) is 13.5. The first kappa shape index (κ1) is 19.6. The molecule has 1 aliphatic heterocycles. The van der Waals surface area contributed by atoms with Crippen molar-refractivity contribution in [3.8, 4) is 0 Å². The molecule has 28 heavy (non-hydrogen) atoms. The molecule has 1 aliphatic rings. The summed E-state index contributed by atoms with van der Waals surface area (Å²) in [5.74, 6) is -1.86. The van der Waals surface area contributed by atoms with Gasteiger partial charge < -0.3 is 10.4 Å². The first-order valence-corrected chi connectivity index (χ1v) is 9.51. The number of nitrogens with zero attached hydrogens (tertiary/aromatic N) is 2. The smallest absolute Gasteiger partial charge is 0.322 e. The van der Waals surface area contributed by atoms with Crippen molar-refractivity contribution in [2.24, 2.45) is 4.99 Å². The molecule has 1 fully saturated rings. The van der Waals surface area contributed by atoms with Gasteiger partial charge in [0.2, 0.25) is 11.8 Å². The Labute approximate surface area is 166 Å². The second-order valence-corrected chi connectivity index (χ2v) is 7.28. The molecule has 0 bridgehead atoms. The summed E-state index contributed by atoms with van der Waals surface area (Å²) < 4.78 is 0. The largest absolute Gasteiger partial charge is 0.480 e. The predicted octanol–water partition coefficient (Wildman–Crippen LogP) is 2.55. The van der Waals surface area contributed by atoms with Crippen molar-refractivity contribution in [3.63, 3.8) is 0 Å². The van der Waals surface area contributed by atoms with E-state index in [-0.39, 0.29) is 18.9 Å². The normalized spacial score (nSPS) is 17.9. The van der Waals surface area contributed by atoms with Crippen molar-refractivity contribution < 1.29 is 19.5 Å². The van der Waals surface area contributed by atoms with E-state index in [9.17, 15) is 14.4 Å². The Hall–Kier alpha value is -3.13. The minimum Gasteiger partial charge on any atom is -0.480 e. The quantitative estimate of drug-likeness (QED) is 0.700. The van der Waals surface area contributed by atoms with Gasteiger partial charge in [-0.1, -0.05) is 54.2 Å². The number of carboxylic acids is 1. The van der Waals surface area contributed by atoms with Gasteiger partial charge in [-0.3, -0.25) is 19.3 Å². The van der Waals surface area contributed by atoms with Crippen LogP contribution in [0.5, 0.6) is 0 Å². The van der Waals surface area contributed by atoms with Crippen LogP contribution >= 0.6 is 11.8 Å². The first-order valence-electron chi connectivity index (χ1n) is 8.63. The maximum Gasteiger partial charge on any atom is 0.322 e. The molecule has 0 aliphatic carbocycles. The highest BCUT2D eigenvalue weighted by Crippen LogP contribution is 2.33. The van der Waals surface area contributed by atoms with Crippen molar-refractivity contribution in [3.05, 3.63) is 55.1 Å². The van der Waals surface area contributed by atoms with Gasteiger partial charge >= 0.3 is 5.97 Å². The molecule has 0 radical (unpaired) electrons. The number of benzene rings is 2. The maximum absolute atomic E-state index is 12.7. The predicted molar refractivity (Wildman–Crippen MR) is 110 cm³/mol. The highest BCUT2D eigenvalue weighted by molar-refractivity contribution is 8.15. The molecule has 2 aromatic rings. The molecule has 0 spiro atoms. The highest BCUT2D eigenvalue weighted by atomic mass is 32.2. The van der Waals surface area contributed by atoms with Gasteiger partial charge in [-0.2, -0.15) is 0 Å². The number of thioether (sulfide) groups is 1. The summed E-state index contributed by atoms with van der Waals surface area (Å²) in [6, 6.07) is 13.6. The molecule has 1 saturated heterocycles. The van der Waals surface area contributed by atoms with Gasteiger partial charge in [0, 0.05) is 18.4 Å². The second-order valence-electron chi connectivity index (χ2n) is 6.11. The Balaban J connectivity index is 1.86. The Morgan fingerprint density at radius 2 is 2.00 bits per heavy atom. The van der Waals surface area contributed by atoms with E-state index in [1.165, 1.54) is 16.7 Å². The molecule has 0 aromatic heterocycles. The molecular formula is C20H19N3O4S. The molecule has 0 saturated carbocycles. The van der Waals surface area contributed by atoms with Crippen molar-refractivity contribution in [2.75, 3.05) is 13.1 Å². The number of rotatable bonds is 7. The molecule has 2 amide bonds. The van der Waals surface area contributed by atoms with Gasteiger partial charge in [-0.05, 0) is 11.5 Å². The Morgan fingerprint density at radius 3 is 2.75 bits per heavy atom. The molecule has 2 N–H and O–H groups in total. The average Bonchev–Trinajstić information content (AvgIpc) is 2.96. The monoisotopic (exact) mass is 397 g/mol. The number of aliphatic imine (C=N–C) groups is 1. The van der Waals surface area contributed by atoms with Gasteiger partial charge in [-0.15, -0.1) is 6.58 Å². The van der Waals surface area contributed by atoms with E-state index < -0.39 is 23.7 Å². The lowest BCUT2D eigenvalue weighted by molar-refractivity contribution is -0.138. The van der Waals surface area contributed by atoms with E-state index in [1.807, 2.05) is 42.5 Å². The van der Waals surface area contributed by atoms with Crippen LogP contribution in [-0.2, 0) is 14.4 Å². The van der Waals surface area contributed by atoms with E-state index in [4.69, 9.17) is 5.11 Å². The van der Waals surface area contributed by atoms with Crippen molar-refractivity contribution in [1.29, 1.82) is 0 Å². The third kappa shape index (κ3) is 4.40. The van der Waals surface area contributed by atoms with Gasteiger partial charge in [0.25, 0.3) is 0 Å². The van der Waals surface area contributed by atoms with Crippen LogP contribution in [0.2, 0.25) is 0 Å². The number of carbonyl (C=O) groups excluding carboxylic acids is 2. The molecule has 1 heterocycles. The van der Waals surface area contributed by atoms with Crippen molar-refractivity contribution in [1.82, 2.24) is 10.2 Å². The zero-order chi connectivity index (χ0) is 20.1. The summed E-state index contributed by atoms with van der Waals surface area (Å²) in [6.45, 7) is 3.49. The number of hydrogen-bond acceptors (Lipinski definition) is 5. The van der Waals surface area contributed by atoms with Gasteiger partial charge in [0.05, 0.1) is 5.69 Å². The molecular weight excluding hydrogens is 378 g/mol. The Morgan fingerprint density at radius 1 is 1.25 bits per heavy atom. The molecule has 144 valence electrons. The van der Waals surface area contributed by atoms with E-state index >= 15 is 0 Å². The summed E-state index contributed by atoms with van der Waals surface area (Å²) in [5, 5.41) is 12.8. The van der Waals surface area contributed by atoms with Gasteiger partial charge in [-0.25, -0.2) is 4.99 Å². The number of carbonyl (C=O) groups is 3. The van der Waals surface area contributed by atoms with E-state index in [2.05, 4.69) is 16.9 Å². The van der Waals surface area contributed by atoms with Crippen LogP contribution in [0.25, 0.3) is 10.8 Å². The fourth-order valence-electron chi connectivity index (χ4n) is 2.85. The van der Waals surface area contributed by atoms with Crippen LogP contribution in [0.3, 0.4) is 0 Å². The number of amidine groups is 1. The highest BCUT2D eigenvalue weighted by Gasteiger charge is 2.38. The average molecular weight is 397 g/mol. The minimum atomic E-state index is -1.13. The lowest BCUT2D eigenvalue weighted by atomic mass is 10.1. The molecule has 7 nitrogen and oxygen atoms in total. The van der Waals surface area contributed by atoms with E-state index in [1.54, 1.807) is 6.08 Å². The van der Waals surface area contributed by atoms with Crippen LogP contribution < -0.4 is 5.32 Å². The number of fused-ring (bicyclic) bond motifs is 1. The summed E-state index contributed by atoms with van der Waals surface area (Å²) >= 11 is 1.20. The number of carboxylic acid groups (broad SMARTS) is 1. The van der Waals surface area contributed by atoms with Crippen molar-refractivity contribution in [2.45, 2.75) is 11.7 Å². The molecule has 2 aromatic carbocycles. The zero-order valence-corrected chi connectivity index (χ0v) is 15.8. The summed E-state index contributed by atoms with van der Waals surface area (Å²) in [7, 11) is 0. The lowest BCUT2D eigenvalue weighted by Crippen LogP contribution is -2.36. The topological polar surface area (TPSA) is 99.1 Å². The lowest BCUT2D eigenvalue weighted by Gasteiger charge is -2.14. The van der Waals surface area contributed by atoms with Crippen LogP contribution in [-0.4, -0.2) is 51.3 Å². The fourth-order valence-corrected chi connectivity index (χ4v) is 4.01. The van der Waals surface area contributed by atoms with Crippen LogP contribution in [0.15, 0.2) is 60.1 Å². The zero-order valence-electron chi connectivity index (χ0n) is 15.0. The molecule has 8 heteroatoms. The summed E-state index contributed by atoms with van der Waals surface area (Å²) in [6.07, 6.45) is 1.49. The standard InChI is InChI=1S/C20H19N3O4S/c1-2-10-23-19(27)16(11-17(24)21-12-18(25)26)28-20(23)22-15-9-5-7-13-6-3-4-8-14(13)15/h2-9,16H,1,10-12H2,(H,21,24)(H,25,26). The number of amides is 2. The second kappa shape index (κ2) is 8.71. The van der Waals surface area contributed by atoms with Crippen LogP contribution in [0.4, 0.5) is 5.69 Å². The molecule has 3 rings (SSSR count). The van der Waals surface area contributed by atoms with E-state index in [0.717, 1.165) is 16.5 Å². The minimum absolute atomic E-state index is 0.112. The number of nitrogens with one attached hydrogen (secondary N) is 1. The third-order valence-corrected chi connectivity index (χ3v) is 5.30. The molecule has 1 atom stereocenters. The van der Waals surface area contributed by atoms with Gasteiger partial charge in [0.15, 0.2) is 5.17 Å². The van der Waals surface area contributed by atoms with E-state index in [0.29, 0.717) is 5.17 Å². The van der Waals surface area contributed by atoms with Crippen LogP contribution in [0.1, 0.15) is 6.42 Å². The molecule has 1 unspecified atom stereocenters.